The van der Waals surface area contributed by atoms with Gasteiger partial charge in [-0.25, -0.2) is 4.79 Å². The third-order valence-electron chi connectivity index (χ3n) is 13.9. The third-order valence-corrected chi connectivity index (χ3v) is 13.9. The van der Waals surface area contributed by atoms with Crippen molar-refractivity contribution in [1.82, 2.24) is 0 Å². The SMILES string of the molecule is COc1ccc(CC2c3cc(OC)c(OC)cc3CC[N+]2(C)CCCOC(=O)/C=C\C(=O)CCC[N+]2(C)CCc3cc(OC)c(OC)cc3C2Cc2cc(OC)c(OC)c(OC)c2)cc1OC. The zero-order valence-electron chi connectivity index (χ0n) is 41.3. The number of benzene rings is 4. The summed E-state index contributed by atoms with van der Waals surface area (Å²) in [6.07, 6.45) is 7.30. The fraction of sp³-hybridized carbons (Fsp3) is 0.472. The minimum Gasteiger partial charge on any atom is -0.493 e. The topological polar surface area (TPSA) is 126 Å². The van der Waals surface area contributed by atoms with Crippen LogP contribution in [0.15, 0.2) is 66.7 Å². The van der Waals surface area contributed by atoms with Crippen molar-refractivity contribution in [2.24, 2.45) is 0 Å². The average Bonchev–Trinajstić information content (AvgIpc) is 3.35. The second-order valence-electron chi connectivity index (χ2n) is 17.8. The number of likely N-dealkylation sites (N-methyl/N-ethyl adjacent to an activating group) is 2. The van der Waals surface area contributed by atoms with Gasteiger partial charge in [0, 0.05) is 62.1 Å². The lowest BCUT2D eigenvalue weighted by atomic mass is 9.86. The van der Waals surface area contributed by atoms with Gasteiger partial charge in [0.25, 0.3) is 0 Å². The van der Waals surface area contributed by atoms with Crippen molar-refractivity contribution in [1.29, 1.82) is 0 Å². The highest BCUT2D eigenvalue weighted by molar-refractivity contribution is 5.95. The van der Waals surface area contributed by atoms with Crippen LogP contribution in [-0.2, 0) is 40.0 Å². The minimum absolute atomic E-state index is 0.0174. The summed E-state index contributed by atoms with van der Waals surface area (Å²) in [5, 5.41) is 0. The number of allylic oxidation sites excluding steroid dienone is 1. The zero-order chi connectivity index (χ0) is 48.3. The van der Waals surface area contributed by atoms with E-state index in [1.54, 1.807) is 64.0 Å². The molecule has 2 heterocycles. The number of fused-ring (bicyclic) bond motifs is 2. The maximum Gasteiger partial charge on any atom is 0.330 e. The number of nitrogens with zero attached hydrogens (tertiary/aromatic N) is 2. The van der Waals surface area contributed by atoms with Crippen molar-refractivity contribution in [3.8, 4) is 51.7 Å². The number of rotatable bonds is 23. The summed E-state index contributed by atoms with van der Waals surface area (Å²) in [5.41, 5.74) is 6.95. The van der Waals surface area contributed by atoms with Crippen LogP contribution in [0.3, 0.4) is 0 Å². The maximum atomic E-state index is 13.2. The van der Waals surface area contributed by atoms with Gasteiger partial charge < -0.3 is 56.3 Å². The molecular formula is C53H70N2O12+2. The molecule has 4 aromatic rings. The smallest absolute Gasteiger partial charge is 0.330 e. The van der Waals surface area contributed by atoms with Gasteiger partial charge in [-0.05, 0) is 76.9 Å². The molecule has 4 atom stereocenters. The molecule has 0 amide bonds. The van der Waals surface area contributed by atoms with E-state index in [0.29, 0.717) is 81.9 Å². The highest BCUT2D eigenvalue weighted by atomic mass is 16.5. The van der Waals surface area contributed by atoms with Crippen LogP contribution in [0.2, 0.25) is 0 Å². The van der Waals surface area contributed by atoms with Crippen LogP contribution in [0, 0.1) is 0 Å². The van der Waals surface area contributed by atoms with E-state index < -0.39 is 5.97 Å². The lowest BCUT2D eigenvalue weighted by Gasteiger charge is -2.46. The van der Waals surface area contributed by atoms with Crippen molar-refractivity contribution < 1.29 is 65.9 Å². The van der Waals surface area contributed by atoms with Gasteiger partial charge in [0.05, 0.1) is 111 Å². The number of ketones is 1. The Labute approximate surface area is 396 Å². The van der Waals surface area contributed by atoms with Crippen molar-refractivity contribution in [2.75, 3.05) is 111 Å². The molecule has 0 saturated heterocycles. The van der Waals surface area contributed by atoms with Crippen molar-refractivity contribution in [2.45, 2.75) is 57.0 Å². The largest absolute Gasteiger partial charge is 0.493 e. The number of methoxy groups -OCH3 is 9. The van der Waals surface area contributed by atoms with Gasteiger partial charge >= 0.3 is 5.97 Å². The van der Waals surface area contributed by atoms with Crippen LogP contribution in [0.25, 0.3) is 0 Å². The number of hydrogen-bond donors (Lipinski definition) is 0. The number of esters is 1. The standard InChI is InChI=1S/C53H70N2O12/c1-54(23-19-38-32-47(61-6)49(63-8)34-41(38)43(54)27-36-29-50(64-9)53(66-11)51(30-36)65-10)21-12-14-39(56)16-18-52(57)67-25-13-22-55(2)24-20-37-31-46(60-5)48(62-7)33-40(37)42(55)26-35-15-17-44(58-3)45(28-35)59-4/h15-18,28-34,42-43H,12-14,19-27H2,1-11H3/q+2/b18-16-. The first kappa shape index (κ1) is 50.3. The molecule has 0 saturated carbocycles. The van der Waals surface area contributed by atoms with Crippen molar-refractivity contribution >= 4 is 11.8 Å². The van der Waals surface area contributed by atoms with Crippen LogP contribution in [-0.4, -0.2) is 132 Å². The summed E-state index contributed by atoms with van der Waals surface area (Å²) >= 11 is 0. The quantitative estimate of drug-likeness (QED) is 0.0311. The van der Waals surface area contributed by atoms with Gasteiger partial charge in [-0.15, -0.1) is 0 Å². The van der Waals surface area contributed by atoms with Gasteiger partial charge in [0.1, 0.15) is 12.1 Å². The monoisotopic (exact) mass is 926 g/mol. The molecule has 2 aliphatic rings. The van der Waals surface area contributed by atoms with Crippen LogP contribution in [0.4, 0.5) is 0 Å². The lowest BCUT2D eigenvalue weighted by Crippen LogP contribution is -2.52. The predicted molar refractivity (Wildman–Crippen MR) is 256 cm³/mol. The lowest BCUT2D eigenvalue weighted by molar-refractivity contribution is -0.941. The Bertz CT molecular complexity index is 2370. The number of quaternary nitrogens is 2. The minimum atomic E-state index is -0.528. The molecule has 6 rings (SSSR count). The molecule has 0 aromatic heterocycles. The molecule has 2 aliphatic heterocycles. The number of ether oxygens (including phenoxy) is 10. The highest BCUT2D eigenvalue weighted by Gasteiger charge is 2.41. The molecule has 67 heavy (non-hydrogen) atoms. The fourth-order valence-electron chi connectivity index (χ4n) is 10.1. The normalized spacial score (nSPS) is 19.7. The summed E-state index contributed by atoms with van der Waals surface area (Å²) in [6.45, 7) is 3.49. The van der Waals surface area contributed by atoms with E-state index in [2.05, 4.69) is 44.4 Å². The molecule has 0 fully saturated rings. The molecule has 14 heteroatoms. The summed E-state index contributed by atoms with van der Waals surface area (Å²) < 4.78 is 58.1. The fourth-order valence-corrected chi connectivity index (χ4v) is 10.1. The van der Waals surface area contributed by atoms with E-state index in [9.17, 15) is 9.59 Å². The van der Waals surface area contributed by atoms with Crippen molar-refractivity contribution in [3.63, 3.8) is 0 Å². The molecule has 0 N–H and O–H groups in total. The maximum absolute atomic E-state index is 13.2. The second kappa shape index (κ2) is 22.6. The summed E-state index contributed by atoms with van der Waals surface area (Å²) in [7, 11) is 19.2. The molecule has 0 spiro atoms. The second-order valence-corrected chi connectivity index (χ2v) is 17.8. The number of carbonyl (C=O) groups excluding carboxylic acids is 2. The van der Waals surface area contributed by atoms with Gasteiger partial charge in [-0.2, -0.15) is 0 Å². The zero-order valence-corrected chi connectivity index (χ0v) is 41.3. The first-order chi connectivity index (χ1) is 32.3. The Kier molecular flexibility index (Phi) is 17.0. The molecule has 4 aromatic carbocycles. The molecule has 362 valence electrons. The molecule has 0 radical (unpaired) electrons. The van der Waals surface area contributed by atoms with Crippen LogP contribution in [0.5, 0.6) is 51.7 Å². The van der Waals surface area contributed by atoms with E-state index in [1.807, 2.05) is 24.3 Å². The Balaban J connectivity index is 1.08. The first-order valence-corrected chi connectivity index (χ1v) is 22.9. The van der Waals surface area contributed by atoms with E-state index in [0.717, 1.165) is 61.1 Å². The van der Waals surface area contributed by atoms with Crippen LogP contribution in [0.1, 0.15) is 64.7 Å². The summed E-state index contributed by atoms with van der Waals surface area (Å²) in [5.74, 6) is 5.20. The first-order valence-electron chi connectivity index (χ1n) is 22.9. The van der Waals surface area contributed by atoms with E-state index in [-0.39, 0.29) is 24.5 Å². The molecule has 4 unspecified atom stereocenters. The highest BCUT2D eigenvalue weighted by Crippen LogP contribution is 2.46. The Hall–Kier alpha value is -6.12. The molecule has 0 aliphatic carbocycles. The van der Waals surface area contributed by atoms with Gasteiger partial charge in [0.2, 0.25) is 5.75 Å². The average molecular weight is 927 g/mol. The number of carbonyl (C=O) groups is 2. The molecule has 0 bridgehead atoms. The van der Waals surface area contributed by atoms with Gasteiger partial charge in [0.15, 0.2) is 51.8 Å². The number of hydrogen-bond acceptors (Lipinski definition) is 12. The van der Waals surface area contributed by atoms with Gasteiger partial charge in [-0.3, -0.25) is 4.79 Å². The Morgan fingerprint density at radius 3 is 1.46 bits per heavy atom. The predicted octanol–water partition coefficient (Wildman–Crippen LogP) is 7.88. The molecule has 14 nitrogen and oxygen atoms in total. The summed E-state index contributed by atoms with van der Waals surface area (Å²) in [4.78, 5) is 26.2. The van der Waals surface area contributed by atoms with Crippen LogP contribution < -0.4 is 42.6 Å². The van der Waals surface area contributed by atoms with E-state index in [4.69, 9.17) is 47.4 Å². The van der Waals surface area contributed by atoms with Crippen molar-refractivity contribution in [3.05, 3.63) is 100 Å². The van der Waals surface area contributed by atoms with E-state index >= 15 is 0 Å². The van der Waals surface area contributed by atoms with Crippen LogP contribution >= 0.6 is 0 Å². The van der Waals surface area contributed by atoms with Gasteiger partial charge in [-0.1, -0.05) is 6.07 Å². The Morgan fingerprint density at radius 1 is 0.522 bits per heavy atom. The molecular weight excluding hydrogens is 857 g/mol. The Morgan fingerprint density at radius 2 is 0.970 bits per heavy atom. The van der Waals surface area contributed by atoms with E-state index in [1.165, 1.54) is 34.4 Å². The third kappa shape index (κ3) is 11.4. The summed E-state index contributed by atoms with van der Waals surface area (Å²) in [6, 6.07) is 18.5.